The Morgan fingerprint density at radius 2 is 1.79 bits per heavy atom. The molecule has 1 amide bonds. The molecular weight excluding hydrogens is 359 g/mol. The first kappa shape index (κ1) is 23.8. The monoisotopic (exact) mass is 389 g/mol. The second-order valence-electron chi connectivity index (χ2n) is 7.87. The summed E-state index contributed by atoms with van der Waals surface area (Å²) in [6.07, 6.45) is 0.830. The zero-order chi connectivity index (χ0) is 16.5. The standard InChI is InChI=1S/C16H29F2N3O.2ClH/c1-11-5-12(2)8-21(7-11)15(3,4)9-20-14(22)13-6-16(17,18)10-19-13;;/h11-13,19H,5-10H2,1-4H3,(H,20,22);2*1H. The molecule has 0 aliphatic carbocycles. The number of carbonyl (C=O) groups is 1. The molecule has 0 spiro atoms. The van der Waals surface area contributed by atoms with Crippen LogP contribution in [0.2, 0.25) is 0 Å². The molecule has 0 aromatic carbocycles. The normalized spacial score (nSPS) is 30.2. The van der Waals surface area contributed by atoms with E-state index in [9.17, 15) is 13.6 Å². The number of halogens is 4. The molecule has 2 heterocycles. The van der Waals surface area contributed by atoms with E-state index in [1.54, 1.807) is 0 Å². The highest BCUT2D eigenvalue weighted by molar-refractivity contribution is 5.85. The lowest BCUT2D eigenvalue weighted by Crippen LogP contribution is -2.57. The van der Waals surface area contributed by atoms with Crippen molar-refractivity contribution >= 4 is 30.7 Å². The van der Waals surface area contributed by atoms with Crippen molar-refractivity contribution in [3.8, 4) is 0 Å². The largest absolute Gasteiger partial charge is 0.353 e. The van der Waals surface area contributed by atoms with Crippen LogP contribution in [0.3, 0.4) is 0 Å². The number of nitrogens with zero attached hydrogens (tertiary/aromatic N) is 1. The minimum atomic E-state index is -2.77. The van der Waals surface area contributed by atoms with Gasteiger partial charge < -0.3 is 5.32 Å². The van der Waals surface area contributed by atoms with Gasteiger partial charge in [0.15, 0.2) is 0 Å². The van der Waals surface area contributed by atoms with E-state index >= 15 is 0 Å². The van der Waals surface area contributed by atoms with Crippen molar-refractivity contribution in [1.29, 1.82) is 0 Å². The third-order valence-corrected chi connectivity index (χ3v) is 4.85. The lowest BCUT2D eigenvalue weighted by molar-refractivity contribution is -0.124. The summed E-state index contributed by atoms with van der Waals surface area (Å²) in [6, 6.07) is -0.773. The van der Waals surface area contributed by atoms with Gasteiger partial charge in [-0.25, -0.2) is 8.78 Å². The molecule has 0 aromatic rings. The van der Waals surface area contributed by atoms with E-state index in [-0.39, 0.29) is 36.3 Å². The Morgan fingerprint density at radius 1 is 1.25 bits per heavy atom. The molecule has 144 valence electrons. The fourth-order valence-electron chi connectivity index (χ4n) is 3.60. The molecular formula is C16H31Cl2F2N3O. The topological polar surface area (TPSA) is 44.4 Å². The molecule has 2 fully saturated rings. The zero-order valence-corrected chi connectivity index (χ0v) is 16.5. The highest BCUT2D eigenvalue weighted by atomic mass is 35.5. The molecule has 4 nitrogen and oxygen atoms in total. The van der Waals surface area contributed by atoms with E-state index in [1.165, 1.54) is 6.42 Å². The number of alkyl halides is 2. The van der Waals surface area contributed by atoms with Crippen molar-refractivity contribution in [3.63, 3.8) is 0 Å². The average molecular weight is 390 g/mol. The molecule has 0 bridgehead atoms. The lowest BCUT2D eigenvalue weighted by atomic mass is 9.88. The van der Waals surface area contributed by atoms with Crippen LogP contribution in [0.4, 0.5) is 8.78 Å². The molecule has 3 atom stereocenters. The quantitative estimate of drug-likeness (QED) is 0.776. The molecule has 24 heavy (non-hydrogen) atoms. The van der Waals surface area contributed by atoms with E-state index in [1.807, 2.05) is 0 Å². The zero-order valence-electron chi connectivity index (χ0n) is 14.9. The van der Waals surface area contributed by atoms with Crippen LogP contribution in [0.25, 0.3) is 0 Å². The van der Waals surface area contributed by atoms with Crippen LogP contribution < -0.4 is 10.6 Å². The second kappa shape index (κ2) is 8.97. The third kappa shape index (κ3) is 6.28. The van der Waals surface area contributed by atoms with Gasteiger partial charge in [0.05, 0.1) is 12.6 Å². The summed E-state index contributed by atoms with van der Waals surface area (Å²) in [5, 5.41) is 5.45. The summed E-state index contributed by atoms with van der Waals surface area (Å²) in [6.45, 7) is 10.8. The second-order valence-corrected chi connectivity index (χ2v) is 7.87. The van der Waals surface area contributed by atoms with Crippen molar-refractivity contribution in [2.75, 3.05) is 26.2 Å². The van der Waals surface area contributed by atoms with Crippen LogP contribution in [0.5, 0.6) is 0 Å². The van der Waals surface area contributed by atoms with Gasteiger partial charge in [0.1, 0.15) is 0 Å². The van der Waals surface area contributed by atoms with Crippen molar-refractivity contribution in [2.24, 2.45) is 11.8 Å². The van der Waals surface area contributed by atoms with Gasteiger partial charge in [0, 0.05) is 31.6 Å². The van der Waals surface area contributed by atoms with Gasteiger partial charge in [0.25, 0.3) is 5.92 Å². The van der Waals surface area contributed by atoms with E-state index in [4.69, 9.17) is 0 Å². The first-order valence-electron chi connectivity index (χ1n) is 8.23. The fraction of sp³-hybridized carbons (Fsp3) is 0.938. The summed E-state index contributed by atoms with van der Waals surface area (Å²) in [7, 11) is 0. The Kier molecular flexibility index (Phi) is 8.90. The summed E-state index contributed by atoms with van der Waals surface area (Å²) < 4.78 is 26.3. The molecule has 2 saturated heterocycles. The Morgan fingerprint density at radius 3 is 2.25 bits per heavy atom. The summed E-state index contributed by atoms with van der Waals surface area (Å²) in [5.41, 5.74) is -0.167. The van der Waals surface area contributed by atoms with Crippen LogP contribution >= 0.6 is 24.8 Å². The summed E-state index contributed by atoms with van der Waals surface area (Å²) in [5.74, 6) is -1.79. The smallest absolute Gasteiger partial charge is 0.262 e. The number of hydrogen-bond donors (Lipinski definition) is 2. The number of piperidine rings is 1. The van der Waals surface area contributed by atoms with E-state index in [0.29, 0.717) is 18.4 Å². The predicted molar refractivity (Wildman–Crippen MR) is 97.5 cm³/mol. The van der Waals surface area contributed by atoms with Gasteiger partial charge in [-0.1, -0.05) is 13.8 Å². The maximum absolute atomic E-state index is 13.2. The third-order valence-electron chi connectivity index (χ3n) is 4.85. The Hall–Kier alpha value is -0.170. The van der Waals surface area contributed by atoms with Gasteiger partial charge in [-0.05, 0) is 32.1 Å². The van der Waals surface area contributed by atoms with Crippen molar-refractivity contribution in [2.45, 2.75) is 58.0 Å². The van der Waals surface area contributed by atoms with Crippen LogP contribution in [0, 0.1) is 11.8 Å². The number of hydrogen-bond acceptors (Lipinski definition) is 3. The molecule has 2 rings (SSSR count). The van der Waals surface area contributed by atoms with Gasteiger partial charge in [-0.15, -0.1) is 24.8 Å². The highest BCUT2D eigenvalue weighted by Gasteiger charge is 2.42. The van der Waals surface area contributed by atoms with Crippen LogP contribution in [0.1, 0.15) is 40.5 Å². The summed E-state index contributed by atoms with van der Waals surface area (Å²) in [4.78, 5) is 14.5. The number of likely N-dealkylation sites (tertiary alicyclic amines) is 1. The van der Waals surface area contributed by atoms with Gasteiger partial charge in [0.2, 0.25) is 5.91 Å². The van der Waals surface area contributed by atoms with Crippen molar-refractivity contribution in [1.82, 2.24) is 15.5 Å². The van der Waals surface area contributed by atoms with Gasteiger partial charge in [-0.3, -0.25) is 15.0 Å². The van der Waals surface area contributed by atoms with Crippen LogP contribution in [0.15, 0.2) is 0 Å². The number of rotatable bonds is 4. The Balaban J connectivity index is 0.00000264. The molecule has 2 aliphatic rings. The van der Waals surface area contributed by atoms with Crippen LogP contribution in [-0.4, -0.2) is 54.5 Å². The molecule has 8 heteroatoms. The Labute approximate surface area is 156 Å². The fourth-order valence-corrected chi connectivity index (χ4v) is 3.60. The molecule has 2 aliphatic heterocycles. The molecule has 0 radical (unpaired) electrons. The lowest BCUT2D eigenvalue weighted by Gasteiger charge is -2.45. The number of carbonyl (C=O) groups excluding carboxylic acids is 1. The predicted octanol–water partition coefficient (Wildman–Crippen LogP) is 2.70. The van der Waals surface area contributed by atoms with E-state index in [2.05, 4.69) is 43.2 Å². The maximum atomic E-state index is 13.2. The minimum Gasteiger partial charge on any atom is -0.353 e. The van der Waals surface area contributed by atoms with E-state index < -0.39 is 24.9 Å². The number of amides is 1. The van der Waals surface area contributed by atoms with Crippen LogP contribution in [-0.2, 0) is 4.79 Å². The molecule has 0 aromatic heterocycles. The van der Waals surface area contributed by atoms with Crippen molar-refractivity contribution in [3.05, 3.63) is 0 Å². The molecule has 3 unspecified atom stereocenters. The maximum Gasteiger partial charge on any atom is 0.262 e. The molecule has 2 N–H and O–H groups in total. The first-order valence-corrected chi connectivity index (χ1v) is 8.23. The van der Waals surface area contributed by atoms with Gasteiger partial charge in [-0.2, -0.15) is 0 Å². The van der Waals surface area contributed by atoms with Crippen molar-refractivity contribution < 1.29 is 13.6 Å². The first-order chi connectivity index (χ1) is 10.1. The SMILES string of the molecule is CC1CC(C)CN(C(C)(C)CNC(=O)C2CC(F)(F)CN2)C1.Cl.Cl. The summed E-state index contributed by atoms with van der Waals surface area (Å²) >= 11 is 0. The molecule has 0 saturated carbocycles. The average Bonchev–Trinajstić information content (AvgIpc) is 2.75. The number of nitrogens with one attached hydrogen (secondary N) is 2. The van der Waals surface area contributed by atoms with Gasteiger partial charge >= 0.3 is 0 Å². The highest BCUT2D eigenvalue weighted by Crippen LogP contribution is 2.27. The van der Waals surface area contributed by atoms with E-state index in [0.717, 1.165) is 13.1 Å². The minimum absolute atomic E-state index is 0. The Bertz CT molecular complexity index is 414.